The van der Waals surface area contributed by atoms with Crippen LogP contribution in [0, 0.1) is 17.2 Å². The topological polar surface area (TPSA) is 146 Å². The zero-order valence-electron chi connectivity index (χ0n) is 20.6. The number of carbonyl (C=O) groups excluding carboxylic acids is 2. The summed E-state index contributed by atoms with van der Waals surface area (Å²) in [5.41, 5.74) is 2.33. The number of carbonyl (C=O) groups is 2. The molecule has 1 saturated heterocycles. The maximum Gasteiger partial charge on any atom is 0.248 e. The molecule has 2 amide bonds. The Balaban J connectivity index is 1.25. The van der Waals surface area contributed by atoms with Gasteiger partial charge in [-0.25, -0.2) is 14.4 Å². The number of nitrogens with zero attached hydrogens (tertiary/aromatic N) is 6. The quantitative estimate of drug-likeness (QED) is 0.481. The van der Waals surface area contributed by atoms with Crippen LogP contribution in [0.2, 0.25) is 0 Å². The van der Waals surface area contributed by atoms with Crippen LogP contribution >= 0.6 is 0 Å². The molecule has 0 spiro atoms. The van der Waals surface area contributed by atoms with Gasteiger partial charge in [-0.3, -0.25) is 14.3 Å². The second-order valence-corrected chi connectivity index (χ2v) is 9.46. The Kier molecular flexibility index (Phi) is 7.02. The first kappa shape index (κ1) is 25.3. The first-order valence-corrected chi connectivity index (χ1v) is 12.2. The monoisotopic (exact) mass is 519 g/mol. The molecule has 1 saturated carbocycles. The number of aryl methyl sites for hydroxylation is 1. The van der Waals surface area contributed by atoms with Crippen LogP contribution in [0.15, 0.2) is 43.0 Å². The summed E-state index contributed by atoms with van der Waals surface area (Å²) in [6.45, 7) is -0.591. The average Bonchev–Trinajstić information content (AvgIpc) is 3.62. The third-order valence-corrected chi connectivity index (χ3v) is 6.84. The Bertz CT molecular complexity index is 1400. The van der Waals surface area contributed by atoms with Crippen LogP contribution in [0.4, 0.5) is 10.2 Å². The molecule has 38 heavy (non-hydrogen) atoms. The number of aliphatic hydroxyl groups excluding tert-OH is 1. The van der Waals surface area contributed by atoms with Crippen molar-refractivity contribution in [3.8, 4) is 23.1 Å². The minimum Gasteiger partial charge on any atom is -0.486 e. The Morgan fingerprint density at radius 2 is 2.16 bits per heavy atom. The van der Waals surface area contributed by atoms with Crippen LogP contribution in [-0.4, -0.2) is 73.5 Å². The average molecular weight is 520 g/mol. The van der Waals surface area contributed by atoms with Gasteiger partial charge in [0.25, 0.3) is 0 Å². The molecule has 3 heterocycles. The summed E-state index contributed by atoms with van der Waals surface area (Å²) >= 11 is 0. The molecule has 0 bridgehead atoms. The van der Waals surface area contributed by atoms with Gasteiger partial charge in [0.15, 0.2) is 6.17 Å². The van der Waals surface area contributed by atoms with Gasteiger partial charge in [0.05, 0.1) is 24.0 Å². The van der Waals surface area contributed by atoms with Crippen LogP contribution < -0.4 is 10.1 Å². The Hall–Kier alpha value is -4.37. The maximum atomic E-state index is 14.7. The highest BCUT2D eigenvalue weighted by atomic mass is 19.1. The van der Waals surface area contributed by atoms with E-state index in [1.807, 2.05) is 13.2 Å². The zero-order valence-corrected chi connectivity index (χ0v) is 20.6. The van der Waals surface area contributed by atoms with E-state index in [-0.39, 0.29) is 48.6 Å². The molecule has 1 aromatic carbocycles. The zero-order chi connectivity index (χ0) is 26.8. The van der Waals surface area contributed by atoms with Gasteiger partial charge in [0, 0.05) is 43.8 Å². The Labute approximate surface area is 217 Å². The van der Waals surface area contributed by atoms with Crippen LogP contribution in [0.5, 0.6) is 5.75 Å². The van der Waals surface area contributed by atoms with E-state index in [0.29, 0.717) is 17.1 Å². The second-order valence-electron chi connectivity index (χ2n) is 9.46. The number of anilines is 1. The third kappa shape index (κ3) is 5.33. The minimum atomic E-state index is -1.46. The number of hydrogen-bond acceptors (Lipinski definition) is 8. The number of benzene rings is 1. The molecule has 12 heteroatoms. The molecule has 1 aliphatic carbocycles. The van der Waals surface area contributed by atoms with E-state index < -0.39 is 24.8 Å². The van der Waals surface area contributed by atoms with Gasteiger partial charge in [0.1, 0.15) is 36.7 Å². The van der Waals surface area contributed by atoms with Crippen molar-refractivity contribution in [3.05, 3.63) is 54.1 Å². The number of rotatable bonds is 7. The molecule has 2 aromatic heterocycles. The van der Waals surface area contributed by atoms with Crippen molar-refractivity contribution in [2.24, 2.45) is 13.0 Å². The molecular weight excluding hydrogens is 493 g/mol. The van der Waals surface area contributed by atoms with Crippen molar-refractivity contribution in [1.82, 2.24) is 24.6 Å². The normalized spacial score (nSPS) is 22.4. The number of hydrogen-bond donors (Lipinski definition) is 2. The van der Waals surface area contributed by atoms with E-state index in [4.69, 9.17) is 9.84 Å². The number of nitriles is 1. The molecule has 0 radical (unpaired) electrons. The molecular formula is C26H26FN7O4. The van der Waals surface area contributed by atoms with E-state index in [2.05, 4.69) is 26.5 Å². The Morgan fingerprint density at radius 1 is 1.32 bits per heavy atom. The smallest absolute Gasteiger partial charge is 0.248 e. The largest absolute Gasteiger partial charge is 0.486 e. The van der Waals surface area contributed by atoms with Crippen LogP contribution in [0.3, 0.4) is 0 Å². The fourth-order valence-corrected chi connectivity index (χ4v) is 4.67. The molecule has 3 aromatic rings. The molecule has 2 fully saturated rings. The van der Waals surface area contributed by atoms with Crippen molar-refractivity contribution in [3.63, 3.8) is 0 Å². The first-order valence-electron chi connectivity index (χ1n) is 12.2. The van der Waals surface area contributed by atoms with Crippen molar-refractivity contribution < 1.29 is 23.8 Å². The lowest BCUT2D eigenvalue weighted by atomic mass is 10.0. The molecule has 11 nitrogen and oxygen atoms in total. The fourth-order valence-electron chi connectivity index (χ4n) is 4.67. The number of halogens is 1. The van der Waals surface area contributed by atoms with E-state index in [1.54, 1.807) is 35.1 Å². The first-order chi connectivity index (χ1) is 18.4. The third-order valence-electron chi connectivity index (χ3n) is 6.84. The number of ether oxygens (including phenoxy) is 1. The van der Waals surface area contributed by atoms with Gasteiger partial charge in [0.2, 0.25) is 11.8 Å². The number of likely N-dealkylation sites (tertiary alicyclic amines) is 1. The van der Waals surface area contributed by atoms with Gasteiger partial charge < -0.3 is 20.1 Å². The van der Waals surface area contributed by atoms with Gasteiger partial charge >= 0.3 is 0 Å². The predicted octanol–water partition coefficient (Wildman–Crippen LogP) is 1.80. The van der Waals surface area contributed by atoms with Crippen LogP contribution in [0.1, 0.15) is 29.9 Å². The summed E-state index contributed by atoms with van der Waals surface area (Å²) in [6, 6.07) is 8.56. The molecule has 5 rings (SSSR count). The number of nitrogens with one attached hydrogen (secondary N) is 1. The standard InChI is InChI=1S/C26H26FN7O4/c1-33-11-17(10-31-33)18-7-19(18)26(37)32-24-8-21(29-14-30-24)15-2-3-22(16(6-15)9-28)38-23-4-5-34(12-20(23)27)25(36)13-35/h2-3,6,8,10-11,14,18-20,23,35H,4-5,7,12-13H2,1H3,(H,29,30,32,37)/t18?,19?,20-,23+/m1/s1. The summed E-state index contributed by atoms with van der Waals surface area (Å²) in [7, 11) is 1.84. The summed E-state index contributed by atoms with van der Waals surface area (Å²) in [5, 5.41) is 25.7. The van der Waals surface area contributed by atoms with E-state index in [1.165, 1.54) is 11.2 Å². The SMILES string of the molecule is Cn1cc(C2CC2C(=O)Nc2cc(-c3ccc(O[C@H]4CCN(C(=O)CO)C[C@H]4F)c(C#N)c3)ncn2)cn1. The molecule has 196 valence electrons. The highest BCUT2D eigenvalue weighted by Gasteiger charge is 2.44. The van der Waals surface area contributed by atoms with Crippen molar-refractivity contribution in [1.29, 1.82) is 5.26 Å². The van der Waals surface area contributed by atoms with Crippen molar-refractivity contribution in [2.75, 3.05) is 25.0 Å². The molecule has 2 N–H and O–H groups in total. The summed E-state index contributed by atoms with van der Waals surface area (Å²) < 4.78 is 22.2. The number of piperidine rings is 1. The van der Waals surface area contributed by atoms with Gasteiger partial charge in [-0.1, -0.05) is 0 Å². The predicted molar refractivity (Wildman–Crippen MR) is 132 cm³/mol. The highest BCUT2D eigenvalue weighted by molar-refractivity contribution is 5.94. The number of amides is 2. The Morgan fingerprint density at radius 3 is 2.87 bits per heavy atom. The lowest BCUT2D eigenvalue weighted by Gasteiger charge is -2.34. The summed E-state index contributed by atoms with van der Waals surface area (Å²) in [6.07, 6.45) is 3.72. The lowest BCUT2D eigenvalue weighted by Crippen LogP contribution is -2.50. The van der Waals surface area contributed by atoms with Crippen molar-refractivity contribution >= 4 is 17.6 Å². The fraction of sp³-hybridized carbons (Fsp3) is 0.385. The summed E-state index contributed by atoms with van der Waals surface area (Å²) in [5.74, 6) is -0.0884. The minimum absolute atomic E-state index is 0.127. The van der Waals surface area contributed by atoms with Gasteiger partial charge in [-0.15, -0.1) is 0 Å². The molecule has 2 aliphatic rings. The second kappa shape index (κ2) is 10.5. The number of alkyl halides is 1. The molecule has 2 unspecified atom stereocenters. The molecule has 1 aliphatic heterocycles. The number of aromatic nitrogens is 4. The maximum absolute atomic E-state index is 14.7. The van der Waals surface area contributed by atoms with E-state index in [9.17, 15) is 19.2 Å². The number of aliphatic hydroxyl groups is 1. The van der Waals surface area contributed by atoms with E-state index in [0.717, 1.165) is 12.0 Å². The van der Waals surface area contributed by atoms with Crippen molar-refractivity contribution in [2.45, 2.75) is 31.0 Å². The van der Waals surface area contributed by atoms with Gasteiger partial charge in [-0.05, 0) is 36.1 Å². The summed E-state index contributed by atoms with van der Waals surface area (Å²) in [4.78, 5) is 34.0. The molecule has 4 atom stereocenters. The lowest BCUT2D eigenvalue weighted by molar-refractivity contribution is -0.138. The van der Waals surface area contributed by atoms with Crippen LogP contribution in [-0.2, 0) is 16.6 Å². The van der Waals surface area contributed by atoms with Gasteiger partial charge in [-0.2, -0.15) is 10.4 Å². The van der Waals surface area contributed by atoms with Crippen LogP contribution in [0.25, 0.3) is 11.3 Å². The highest BCUT2D eigenvalue weighted by Crippen LogP contribution is 2.47. The van der Waals surface area contributed by atoms with E-state index >= 15 is 0 Å².